The van der Waals surface area contributed by atoms with Crippen molar-refractivity contribution in [3.05, 3.63) is 59.7 Å². The molecule has 0 radical (unpaired) electrons. The van der Waals surface area contributed by atoms with Crippen LogP contribution in [-0.2, 0) is 13.0 Å². The molecule has 0 saturated heterocycles. The molecule has 8 heteroatoms. The Morgan fingerprint density at radius 1 is 1.25 bits per heavy atom. The summed E-state index contributed by atoms with van der Waals surface area (Å²) in [5, 5.41) is 7.16. The number of carbonyl (C=O) groups is 1. The largest absolute Gasteiger partial charge is 0.439 e. The number of aliphatic imine (C=N–C) groups is 1. The van der Waals surface area contributed by atoms with Gasteiger partial charge in [-0.3, -0.25) is 14.9 Å². The normalized spacial score (nSPS) is 18.7. The molecule has 3 aromatic rings. The Bertz CT molecular complexity index is 1300. The summed E-state index contributed by atoms with van der Waals surface area (Å²) in [6, 6.07) is 7.37. The number of amides is 1. The zero-order valence-electron chi connectivity index (χ0n) is 17.9. The van der Waals surface area contributed by atoms with Crippen LogP contribution in [0.1, 0.15) is 31.0 Å². The number of ether oxygens (including phenoxy) is 1. The van der Waals surface area contributed by atoms with E-state index >= 15 is 0 Å². The van der Waals surface area contributed by atoms with Gasteiger partial charge in [0.25, 0.3) is 0 Å². The van der Waals surface area contributed by atoms with Crippen LogP contribution in [0.5, 0.6) is 11.6 Å². The van der Waals surface area contributed by atoms with Crippen molar-refractivity contribution in [2.24, 2.45) is 10.4 Å². The second-order valence-corrected chi connectivity index (χ2v) is 8.90. The fourth-order valence-corrected chi connectivity index (χ4v) is 4.36. The summed E-state index contributed by atoms with van der Waals surface area (Å²) in [6.45, 7) is 4.55. The molecule has 0 spiro atoms. The summed E-state index contributed by atoms with van der Waals surface area (Å²) in [7, 11) is 0. The summed E-state index contributed by atoms with van der Waals surface area (Å²) < 4.78 is 7.70. The first-order chi connectivity index (χ1) is 15.6. The number of fused-ring (bicyclic) bond motifs is 2. The highest BCUT2D eigenvalue weighted by atomic mass is 16.5. The second kappa shape index (κ2) is 7.27. The maximum absolute atomic E-state index is 12.9. The van der Waals surface area contributed by atoms with Gasteiger partial charge >= 0.3 is 6.03 Å². The number of aromatic nitrogens is 3. The van der Waals surface area contributed by atoms with Gasteiger partial charge in [-0.25, -0.2) is 14.8 Å². The van der Waals surface area contributed by atoms with Crippen molar-refractivity contribution in [3.8, 4) is 11.6 Å². The van der Waals surface area contributed by atoms with Crippen LogP contribution in [0.15, 0.2) is 53.4 Å². The third-order valence-electron chi connectivity index (χ3n) is 6.68. The van der Waals surface area contributed by atoms with Gasteiger partial charge in [-0.2, -0.15) is 0 Å². The van der Waals surface area contributed by atoms with Crippen LogP contribution in [0.4, 0.5) is 4.79 Å². The zero-order chi connectivity index (χ0) is 21.7. The molecular weight excluding hydrogens is 404 g/mol. The minimum absolute atomic E-state index is 0.219. The number of amidine groups is 1. The van der Waals surface area contributed by atoms with E-state index in [1.165, 1.54) is 24.7 Å². The van der Waals surface area contributed by atoms with Crippen molar-refractivity contribution in [2.45, 2.75) is 32.7 Å². The number of benzene rings is 1. The molecule has 32 heavy (non-hydrogen) atoms. The van der Waals surface area contributed by atoms with Crippen LogP contribution in [0.25, 0.3) is 10.9 Å². The highest BCUT2D eigenvalue weighted by Gasteiger charge is 2.41. The number of carbonyl (C=O) groups excluding carboxylic acids is 1. The smallest absolute Gasteiger partial charge is 0.331 e. The number of hydrogen-bond donors (Lipinski definition) is 2. The quantitative estimate of drug-likeness (QED) is 0.665. The lowest BCUT2D eigenvalue weighted by molar-refractivity contribution is 0.247. The van der Waals surface area contributed by atoms with E-state index in [2.05, 4.69) is 32.5 Å². The average Bonchev–Trinajstić information content (AvgIpc) is 3.20. The van der Waals surface area contributed by atoms with E-state index in [4.69, 9.17) is 4.74 Å². The maximum atomic E-state index is 12.9. The fourth-order valence-electron chi connectivity index (χ4n) is 4.36. The summed E-state index contributed by atoms with van der Waals surface area (Å²) in [5.74, 6) is 1.92. The highest BCUT2D eigenvalue weighted by molar-refractivity contribution is 6.07. The summed E-state index contributed by atoms with van der Waals surface area (Å²) in [6.07, 6.45) is 8.58. The van der Waals surface area contributed by atoms with Crippen molar-refractivity contribution in [2.75, 3.05) is 13.1 Å². The van der Waals surface area contributed by atoms with Crippen LogP contribution >= 0.6 is 0 Å². The van der Waals surface area contributed by atoms with Crippen LogP contribution in [0, 0.1) is 5.41 Å². The lowest BCUT2D eigenvalue weighted by atomic mass is 9.99. The number of rotatable bonds is 3. The van der Waals surface area contributed by atoms with Crippen LogP contribution in [-0.4, -0.2) is 39.5 Å². The Morgan fingerprint density at radius 2 is 2.16 bits per heavy atom. The molecule has 4 heterocycles. The van der Waals surface area contributed by atoms with E-state index in [9.17, 15) is 4.79 Å². The number of hydrogen-bond acceptors (Lipinski definition) is 6. The molecule has 1 amide bonds. The van der Waals surface area contributed by atoms with Gasteiger partial charge in [0.2, 0.25) is 5.88 Å². The number of nitrogens with zero attached hydrogens (tertiary/aromatic N) is 4. The van der Waals surface area contributed by atoms with Gasteiger partial charge in [-0.15, -0.1) is 0 Å². The lowest BCUT2D eigenvalue weighted by Crippen LogP contribution is -2.32. The van der Waals surface area contributed by atoms with Gasteiger partial charge in [0.05, 0.1) is 17.8 Å². The Labute approximate surface area is 185 Å². The van der Waals surface area contributed by atoms with Gasteiger partial charge < -0.3 is 10.1 Å². The molecule has 1 saturated carbocycles. The molecule has 2 aliphatic heterocycles. The molecule has 0 unspecified atom stereocenters. The van der Waals surface area contributed by atoms with Gasteiger partial charge in [-0.1, -0.05) is 6.92 Å². The van der Waals surface area contributed by atoms with Gasteiger partial charge in [0, 0.05) is 23.7 Å². The Hall–Kier alpha value is -3.52. The fraction of sp³-hybridized carbons (Fsp3) is 0.333. The third-order valence-corrected chi connectivity index (χ3v) is 6.68. The van der Waals surface area contributed by atoms with E-state index in [1.54, 1.807) is 10.8 Å². The lowest BCUT2D eigenvalue weighted by Gasteiger charge is -2.18. The summed E-state index contributed by atoms with van der Waals surface area (Å²) in [5.41, 5.74) is 4.43. The van der Waals surface area contributed by atoms with Gasteiger partial charge in [0.1, 0.15) is 17.9 Å². The molecule has 3 aliphatic rings. The molecule has 162 valence electrons. The topological polar surface area (TPSA) is 93.4 Å². The van der Waals surface area contributed by atoms with E-state index in [0.29, 0.717) is 24.0 Å². The first-order valence-corrected chi connectivity index (χ1v) is 11.0. The van der Waals surface area contributed by atoms with Gasteiger partial charge in [0.15, 0.2) is 0 Å². The zero-order valence-corrected chi connectivity index (χ0v) is 17.9. The molecule has 1 fully saturated rings. The van der Waals surface area contributed by atoms with Crippen LogP contribution in [0.3, 0.4) is 0 Å². The van der Waals surface area contributed by atoms with Crippen molar-refractivity contribution in [3.63, 3.8) is 0 Å². The number of nitrogens with one attached hydrogen (secondary N) is 2. The van der Waals surface area contributed by atoms with E-state index < -0.39 is 0 Å². The Balaban J connectivity index is 1.21. The predicted octanol–water partition coefficient (Wildman–Crippen LogP) is 3.57. The van der Waals surface area contributed by atoms with Crippen molar-refractivity contribution < 1.29 is 9.53 Å². The van der Waals surface area contributed by atoms with E-state index in [0.717, 1.165) is 41.7 Å². The maximum Gasteiger partial charge on any atom is 0.331 e. The van der Waals surface area contributed by atoms with Crippen LogP contribution in [0.2, 0.25) is 0 Å². The van der Waals surface area contributed by atoms with Crippen LogP contribution < -0.4 is 15.4 Å². The van der Waals surface area contributed by atoms with E-state index in [1.807, 2.05) is 30.3 Å². The second-order valence-electron chi connectivity index (χ2n) is 8.90. The molecule has 8 nitrogen and oxygen atoms in total. The minimum Gasteiger partial charge on any atom is -0.439 e. The summed E-state index contributed by atoms with van der Waals surface area (Å²) in [4.78, 5) is 26.0. The van der Waals surface area contributed by atoms with E-state index in [-0.39, 0.29) is 11.4 Å². The standard InChI is InChI=1S/C24H24N6O2/c1-24(6-7-24)16-11-21(26-12-16)29-23(31)30-9-5-15-10-17(2-3-20(15)30)32-22-18-4-8-25-13-19(18)27-14-28-22/h2-3,5,9-11,14,25H,4,6-8,12-13H2,1H3,(H,26,29,31). The van der Waals surface area contributed by atoms with Crippen molar-refractivity contribution in [1.29, 1.82) is 0 Å². The van der Waals surface area contributed by atoms with Crippen molar-refractivity contribution in [1.82, 2.24) is 25.2 Å². The molecule has 0 bridgehead atoms. The molecule has 6 rings (SSSR count). The molecule has 1 aromatic carbocycles. The molecule has 2 N–H and O–H groups in total. The molecule has 1 aliphatic carbocycles. The third kappa shape index (κ3) is 3.36. The molecular formula is C24H24N6O2. The van der Waals surface area contributed by atoms with Gasteiger partial charge in [-0.05, 0) is 67.1 Å². The predicted molar refractivity (Wildman–Crippen MR) is 121 cm³/mol. The van der Waals surface area contributed by atoms with Crippen molar-refractivity contribution >= 4 is 22.8 Å². The highest BCUT2D eigenvalue weighted by Crippen LogP contribution is 2.52. The average molecular weight is 428 g/mol. The SMILES string of the molecule is CC1(C2=CC(NC(=O)n3ccc4cc(Oc5ncnc6c5CCNC6)ccc43)=NC2)CC1. The monoisotopic (exact) mass is 428 g/mol. The minimum atomic E-state index is -0.219. The Morgan fingerprint density at radius 3 is 3.03 bits per heavy atom. The first kappa shape index (κ1) is 19.2. The summed E-state index contributed by atoms with van der Waals surface area (Å²) >= 11 is 0. The molecule has 0 atom stereocenters. The Kier molecular flexibility index (Phi) is 4.36. The first-order valence-electron chi connectivity index (χ1n) is 11.0. The molecule has 2 aromatic heterocycles.